The fraction of sp³-hybridized carbons (Fsp3) is 0.444. The molecule has 0 unspecified atom stereocenters. The molecule has 2 aromatic rings. The Balaban J connectivity index is 1.86. The predicted octanol–water partition coefficient (Wildman–Crippen LogP) is 3.73. The van der Waals surface area contributed by atoms with E-state index >= 15 is 0 Å². The van der Waals surface area contributed by atoms with Crippen LogP contribution in [0.15, 0.2) is 34.2 Å². The molecule has 0 amide bonds. The third-order valence-electron chi connectivity index (χ3n) is 3.79. The topological polar surface area (TPSA) is 40.5 Å². The van der Waals surface area contributed by atoms with Gasteiger partial charge in [0.05, 0.1) is 10.7 Å². The summed E-state index contributed by atoms with van der Waals surface area (Å²) < 4.78 is 0. The SMILES string of the molecule is CN=C(NCCc1sc(C)nc1C)N(C)Cc1ccc(SC)cc1. The summed E-state index contributed by atoms with van der Waals surface area (Å²) >= 11 is 3.55. The van der Waals surface area contributed by atoms with Gasteiger partial charge < -0.3 is 10.2 Å². The van der Waals surface area contributed by atoms with Gasteiger partial charge in [-0.25, -0.2) is 4.98 Å². The Hall–Kier alpha value is -1.53. The van der Waals surface area contributed by atoms with Crippen molar-refractivity contribution < 1.29 is 0 Å². The van der Waals surface area contributed by atoms with Crippen molar-refractivity contribution in [3.8, 4) is 0 Å². The minimum Gasteiger partial charge on any atom is -0.356 e. The quantitative estimate of drug-likeness (QED) is 0.483. The number of nitrogens with zero attached hydrogens (tertiary/aromatic N) is 3. The van der Waals surface area contributed by atoms with Crippen LogP contribution < -0.4 is 5.32 Å². The minimum absolute atomic E-state index is 0.840. The lowest BCUT2D eigenvalue weighted by Gasteiger charge is -2.22. The fourth-order valence-electron chi connectivity index (χ4n) is 2.56. The molecule has 1 heterocycles. The average molecular weight is 363 g/mol. The smallest absolute Gasteiger partial charge is 0.193 e. The van der Waals surface area contributed by atoms with Crippen molar-refractivity contribution in [3.05, 3.63) is 45.4 Å². The van der Waals surface area contributed by atoms with Crippen molar-refractivity contribution in [2.75, 3.05) is 26.9 Å². The van der Waals surface area contributed by atoms with Gasteiger partial charge >= 0.3 is 0 Å². The highest BCUT2D eigenvalue weighted by molar-refractivity contribution is 7.98. The molecule has 24 heavy (non-hydrogen) atoms. The van der Waals surface area contributed by atoms with Gasteiger partial charge in [0.1, 0.15) is 0 Å². The van der Waals surface area contributed by atoms with Gasteiger partial charge in [-0.1, -0.05) is 12.1 Å². The normalized spacial score (nSPS) is 11.6. The molecule has 0 fully saturated rings. The summed E-state index contributed by atoms with van der Waals surface area (Å²) in [6, 6.07) is 8.69. The van der Waals surface area contributed by atoms with Crippen molar-refractivity contribution in [1.29, 1.82) is 0 Å². The number of thiazole rings is 1. The maximum absolute atomic E-state index is 4.48. The summed E-state index contributed by atoms with van der Waals surface area (Å²) in [7, 11) is 3.90. The largest absolute Gasteiger partial charge is 0.356 e. The minimum atomic E-state index is 0.840. The molecule has 2 rings (SSSR count). The van der Waals surface area contributed by atoms with Gasteiger partial charge in [0.2, 0.25) is 0 Å². The number of aromatic nitrogens is 1. The molecule has 0 saturated carbocycles. The van der Waals surface area contributed by atoms with Crippen molar-refractivity contribution in [2.24, 2.45) is 4.99 Å². The van der Waals surface area contributed by atoms with E-state index in [1.54, 1.807) is 23.1 Å². The predicted molar refractivity (Wildman–Crippen MR) is 106 cm³/mol. The van der Waals surface area contributed by atoms with Crippen LogP contribution in [0.2, 0.25) is 0 Å². The zero-order chi connectivity index (χ0) is 17.5. The molecule has 0 aliphatic heterocycles. The Morgan fingerprint density at radius 3 is 2.54 bits per heavy atom. The molecule has 130 valence electrons. The van der Waals surface area contributed by atoms with Crippen molar-refractivity contribution in [3.63, 3.8) is 0 Å². The third kappa shape index (κ3) is 5.24. The Morgan fingerprint density at radius 2 is 2.00 bits per heavy atom. The zero-order valence-electron chi connectivity index (χ0n) is 15.1. The molecule has 0 atom stereocenters. The molecule has 0 aliphatic rings. The average Bonchev–Trinajstić information content (AvgIpc) is 2.89. The first-order chi connectivity index (χ1) is 11.5. The van der Waals surface area contributed by atoms with Crippen LogP contribution in [0.1, 0.15) is 21.1 Å². The molecular weight excluding hydrogens is 336 g/mol. The summed E-state index contributed by atoms with van der Waals surface area (Å²) in [4.78, 5) is 13.7. The van der Waals surface area contributed by atoms with E-state index in [2.05, 4.69) is 71.6 Å². The standard InChI is InChI=1S/C18H26N4S2/c1-13-17(24-14(2)21-13)10-11-20-18(19-3)22(4)12-15-6-8-16(23-5)9-7-15/h6-9H,10-12H2,1-5H3,(H,19,20). The number of rotatable bonds is 6. The van der Waals surface area contributed by atoms with E-state index in [-0.39, 0.29) is 0 Å². The van der Waals surface area contributed by atoms with Gasteiger partial charge in [-0.3, -0.25) is 4.99 Å². The first kappa shape index (κ1) is 18.8. The fourth-order valence-corrected chi connectivity index (χ4v) is 3.90. The Labute approximate surface area is 153 Å². The van der Waals surface area contributed by atoms with E-state index in [1.165, 1.54) is 15.3 Å². The van der Waals surface area contributed by atoms with Crippen LogP contribution in [0.3, 0.4) is 0 Å². The van der Waals surface area contributed by atoms with Crippen LogP contribution in [0.5, 0.6) is 0 Å². The monoisotopic (exact) mass is 362 g/mol. The highest BCUT2D eigenvalue weighted by atomic mass is 32.2. The number of hydrogen-bond donors (Lipinski definition) is 1. The second-order valence-corrected chi connectivity index (χ2v) is 7.84. The third-order valence-corrected chi connectivity index (χ3v) is 5.66. The molecule has 0 bridgehead atoms. The van der Waals surface area contributed by atoms with Crippen LogP contribution in [-0.2, 0) is 13.0 Å². The molecule has 1 aromatic carbocycles. The maximum Gasteiger partial charge on any atom is 0.193 e. The van der Waals surface area contributed by atoms with Gasteiger partial charge in [-0.15, -0.1) is 23.1 Å². The number of hydrogen-bond acceptors (Lipinski definition) is 4. The second-order valence-electron chi connectivity index (χ2n) is 5.67. The van der Waals surface area contributed by atoms with Gasteiger partial charge in [0.15, 0.2) is 5.96 Å². The van der Waals surface area contributed by atoms with E-state index in [4.69, 9.17) is 0 Å². The Bertz CT molecular complexity index is 677. The van der Waals surface area contributed by atoms with Crippen LogP contribution in [-0.4, -0.2) is 42.7 Å². The number of benzene rings is 1. The van der Waals surface area contributed by atoms with E-state index in [9.17, 15) is 0 Å². The lowest BCUT2D eigenvalue weighted by Crippen LogP contribution is -2.39. The number of aliphatic imine (C=N–C) groups is 1. The van der Waals surface area contributed by atoms with E-state index in [0.29, 0.717) is 0 Å². The summed E-state index contributed by atoms with van der Waals surface area (Å²) in [5.74, 6) is 0.919. The van der Waals surface area contributed by atoms with Gasteiger partial charge in [0.25, 0.3) is 0 Å². The van der Waals surface area contributed by atoms with Crippen molar-refractivity contribution >= 4 is 29.1 Å². The lowest BCUT2D eigenvalue weighted by molar-refractivity contribution is 0.477. The molecule has 0 radical (unpaired) electrons. The molecule has 0 aliphatic carbocycles. The van der Waals surface area contributed by atoms with Gasteiger partial charge in [-0.05, 0) is 37.8 Å². The van der Waals surface area contributed by atoms with Crippen LogP contribution in [0, 0.1) is 13.8 Å². The van der Waals surface area contributed by atoms with E-state index in [1.807, 2.05) is 7.05 Å². The molecule has 1 aromatic heterocycles. The molecule has 6 heteroatoms. The van der Waals surface area contributed by atoms with Gasteiger partial charge in [0, 0.05) is 43.4 Å². The molecular formula is C18H26N4S2. The summed E-state index contributed by atoms with van der Waals surface area (Å²) in [6.07, 6.45) is 3.08. The van der Waals surface area contributed by atoms with Crippen molar-refractivity contribution in [2.45, 2.75) is 31.7 Å². The van der Waals surface area contributed by atoms with E-state index < -0.39 is 0 Å². The summed E-state index contributed by atoms with van der Waals surface area (Å²) in [5.41, 5.74) is 2.43. The highest BCUT2D eigenvalue weighted by Crippen LogP contribution is 2.17. The number of thioether (sulfide) groups is 1. The summed E-state index contributed by atoms with van der Waals surface area (Å²) in [6.45, 7) is 5.85. The Kier molecular flexibility index (Phi) is 7.12. The lowest BCUT2D eigenvalue weighted by atomic mass is 10.2. The van der Waals surface area contributed by atoms with Crippen molar-refractivity contribution in [1.82, 2.24) is 15.2 Å². The van der Waals surface area contributed by atoms with Crippen LogP contribution in [0.25, 0.3) is 0 Å². The summed E-state index contributed by atoms with van der Waals surface area (Å²) in [5, 5.41) is 4.58. The molecule has 0 spiro atoms. The van der Waals surface area contributed by atoms with Crippen LogP contribution in [0.4, 0.5) is 0 Å². The number of aryl methyl sites for hydroxylation is 2. The highest BCUT2D eigenvalue weighted by Gasteiger charge is 2.08. The van der Waals surface area contributed by atoms with Gasteiger partial charge in [-0.2, -0.15) is 0 Å². The zero-order valence-corrected chi connectivity index (χ0v) is 16.7. The molecule has 4 nitrogen and oxygen atoms in total. The molecule has 0 saturated heterocycles. The van der Waals surface area contributed by atoms with E-state index in [0.717, 1.165) is 36.2 Å². The first-order valence-electron chi connectivity index (χ1n) is 8.01. The first-order valence-corrected chi connectivity index (χ1v) is 10.0. The maximum atomic E-state index is 4.48. The number of guanidine groups is 1. The number of nitrogens with one attached hydrogen (secondary N) is 1. The second kappa shape index (κ2) is 9.08. The van der Waals surface area contributed by atoms with Crippen LogP contribution >= 0.6 is 23.1 Å². The Morgan fingerprint density at radius 1 is 1.29 bits per heavy atom. The molecule has 1 N–H and O–H groups in total.